The minimum Gasteiger partial charge on any atom is -0.330 e. The maximum atomic E-state index is 5.63. The van der Waals surface area contributed by atoms with Crippen molar-refractivity contribution in [3.8, 4) is 5.69 Å². The highest BCUT2D eigenvalue weighted by atomic mass is 79.9. The zero-order valence-electron chi connectivity index (χ0n) is 10.2. The molecule has 0 fully saturated rings. The molecule has 0 aliphatic carbocycles. The van der Waals surface area contributed by atoms with Gasteiger partial charge in [0.25, 0.3) is 0 Å². The Morgan fingerprint density at radius 3 is 2.65 bits per heavy atom. The fourth-order valence-corrected chi connectivity index (χ4v) is 2.64. The van der Waals surface area contributed by atoms with Crippen molar-refractivity contribution in [3.63, 3.8) is 0 Å². The Morgan fingerprint density at radius 1 is 1.24 bits per heavy atom. The molecule has 0 saturated heterocycles. The normalized spacial score (nSPS) is 10.8. The summed E-state index contributed by atoms with van der Waals surface area (Å²) in [7, 11) is 0. The van der Waals surface area contributed by atoms with Crippen molar-refractivity contribution in [1.82, 2.24) is 4.57 Å². The minimum atomic E-state index is 0.697. The van der Waals surface area contributed by atoms with Crippen molar-refractivity contribution in [2.45, 2.75) is 20.3 Å². The van der Waals surface area contributed by atoms with Gasteiger partial charge in [-0.25, -0.2) is 0 Å². The van der Waals surface area contributed by atoms with Crippen LogP contribution < -0.4 is 5.73 Å². The third kappa shape index (κ3) is 2.45. The van der Waals surface area contributed by atoms with Crippen LogP contribution in [0.3, 0.4) is 0 Å². The molecule has 17 heavy (non-hydrogen) atoms. The lowest BCUT2D eigenvalue weighted by molar-refractivity contribution is 0.920. The first-order valence-corrected chi connectivity index (χ1v) is 6.56. The molecule has 0 aliphatic rings. The number of aryl methyl sites for hydroxylation is 1. The molecule has 1 heterocycles. The summed E-state index contributed by atoms with van der Waals surface area (Å²) in [4.78, 5) is 0. The average Bonchev–Trinajstić information content (AvgIpc) is 2.55. The van der Waals surface area contributed by atoms with Gasteiger partial charge in [0.05, 0.1) is 0 Å². The van der Waals surface area contributed by atoms with Gasteiger partial charge in [-0.15, -0.1) is 0 Å². The number of halogens is 1. The molecule has 0 saturated carbocycles. The van der Waals surface area contributed by atoms with Crippen LogP contribution in [0.2, 0.25) is 0 Å². The van der Waals surface area contributed by atoms with E-state index in [4.69, 9.17) is 5.73 Å². The molecule has 3 heteroatoms. The monoisotopic (exact) mass is 292 g/mol. The summed E-state index contributed by atoms with van der Waals surface area (Å²) in [6, 6.07) is 10.6. The lowest BCUT2D eigenvalue weighted by Gasteiger charge is -2.10. The molecule has 1 aromatic heterocycles. The molecular weight excluding hydrogens is 276 g/mol. The van der Waals surface area contributed by atoms with E-state index in [2.05, 4.69) is 58.6 Å². The van der Waals surface area contributed by atoms with E-state index in [0.717, 1.165) is 10.9 Å². The molecule has 0 spiro atoms. The maximum absolute atomic E-state index is 5.63. The molecule has 0 atom stereocenters. The molecule has 90 valence electrons. The number of hydrogen-bond donors (Lipinski definition) is 1. The standard InChI is InChI=1S/C14H17BrN2/c1-10-8-12(6-7-16)11(2)17(10)14-5-3-4-13(15)9-14/h3-5,8-9H,6-7,16H2,1-2H3. The van der Waals surface area contributed by atoms with Gasteiger partial charge in [-0.1, -0.05) is 22.0 Å². The third-order valence-electron chi connectivity index (χ3n) is 3.02. The van der Waals surface area contributed by atoms with E-state index < -0.39 is 0 Å². The van der Waals surface area contributed by atoms with Crippen molar-refractivity contribution in [2.75, 3.05) is 6.54 Å². The first kappa shape index (κ1) is 12.4. The second-order valence-electron chi connectivity index (χ2n) is 4.25. The van der Waals surface area contributed by atoms with E-state index in [9.17, 15) is 0 Å². The molecule has 2 aromatic rings. The minimum absolute atomic E-state index is 0.697. The first-order valence-electron chi connectivity index (χ1n) is 5.77. The van der Waals surface area contributed by atoms with Crippen LogP contribution in [0, 0.1) is 13.8 Å². The lowest BCUT2D eigenvalue weighted by Crippen LogP contribution is -2.04. The van der Waals surface area contributed by atoms with Crippen LogP contribution >= 0.6 is 15.9 Å². The molecule has 0 bridgehead atoms. The van der Waals surface area contributed by atoms with Gasteiger partial charge in [0.2, 0.25) is 0 Å². The van der Waals surface area contributed by atoms with Crippen molar-refractivity contribution in [2.24, 2.45) is 5.73 Å². The lowest BCUT2D eigenvalue weighted by atomic mass is 10.2. The fraction of sp³-hybridized carbons (Fsp3) is 0.286. The Bertz CT molecular complexity index is 529. The summed E-state index contributed by atoms with van der Waals surface area (Å²) in [5.41, 5.74) is 10.7. The highest BCUT2D eigenvalue weighted by Crippen LogP contribution is 2.23. The van der Waals surface area contributed by atoms with E-state index in [-0.39, 0.29) is 0 Å². The highest BCUT2D eigenvalue weighted by Gasteiger charge is 2.09. The number of benzene rings is 1. The Hall–Kier alpha value is -1.06. The molecule has 0 aliphatic heterocycles. The molecular formula is C14H17BrN2. The van der Waals surface area contributed by atoms with Gasteiger partial charge in [0, 0.05) is 21.5 Å². The predicted octanol–water partition coefficient (Wildman–Crippen LogP) is 3.36. The largest absolute Gasteiger partial charge is 0.330 e. The Morgan fingerprint density at radius 2 is 2.00 bits per heavy atom. The van der Waals surface area contributed by atoms with Crippen molar-refractivity contribution >= 4 is 15.9 Å². The average molecular weight is 293 g/mol. The SMILES string of the molecule is Cc1cc(CCN)c(C)n1-c1cccc(Br)c1. The smallest absolute Gasteiger partial charge is 0.0466 e. The summed E-state index contributed by atoms with van der Waals surface area (Å²) in [6.45, 7) is 4.98. The van der Waals surface area contributed by atoms with Crippen LogP contribution in [-0.4, -0.2) is 11.1 Å². The summed E-state index contributed by atoms with van der Waals surface area (Å²) >= 11 is 3.51. The second kappa shape index (κ2) is 5.07. The Labute approximate surface area is 111 Å². The summed E-state index contributed by atoms with van der Waals surface area (Å²) in [6.07, 6.45) is 0.938. The quantitative estimate of drug-likeness (QED) is 0.924. The van der Waals surface area contributed by atoms with Crippen molar-refractivity contribution in [1.29, 1.82) is 0 Å². The number of rotatable bonds is 3. The van der Waals surface area contributed by atoms with E-state index in [1.165, 1.54) is 22.6 Å². The zero-order valence-corrected chi connectivity index (χ0v) is 11.8. The van der Waals surface area contributed by atoms with Crippen molar-refractivity contribution in [3.05, 3.63) is 51.8 Å². The molecule has 2 N–H and O–H groups in total. The van der Waals surface area contributed by atoms with Crippen LogP contribution in [0.5, 0.6) is 0 Å². The van der Waals surface area contributed by atoms with Crippen LogP contribution in [-0.2, 0) is 6.42 Å². The molecule has 2 rings (SSSR count). The molecule has 0 unspecified atom stereocenters. The molecule has 0 amide bonds. The molecule has 2 nitrogen and oxygen atoms in total. The summed E-state index contributed by atoms with van der Waals surface area (Å²) < 4.78 is 3.37. The van der Waals surface area contributed by atoms with Gasteiger partial charge in [-0.3, -0.25) is 0 Å². The van der Waals surface area contributed by atoms with Gasteiger partial charge >= 0.3 is 0 Å². The van der Waals surface area contributed by atoms with Crippen LogP contribution in [0.15, 0.2) is 34.8 Å². The number of nitrogens with two attached hydrogens (primary N) is 1. The van der Waals surface area contributed by atoms with E-state index >= 15 is 0 Å². The van der Waals surface area contributed by atoms with Gasteiger partial charge in [-0.05, 0) is 56.6 Å². The van der Waals surface area contributed by atoms with E-state index in [0.29, 0.717) is 6.54 Å². The summed E-state index contributed by atoms with van der Waals surface area (Å²) in [5.74, 6) is 0. The van der Waals surface area contributed by atoms with E-state index in [1.807, 2.05) is 6.07 Å². The second-order valence-corrected chi connectivity index (χ2v) is 5.17. The summed E-state index contributed by atoms with van der Waals surface area (Å²) in [5, 5.41) is 0. The van der Waals surface area contributed by atoms with Gasteiger partial charge in [0.15, 0.2) is 0 Å². The topological polar surface area (TPSA) is 30.9 Å². The number of aromatic nitrogens is 1. The van der Waals surface area contributed by atoms with Crippen LogP contribution in [0.25, 0.3) is 5.69 Å². The van der Waals surface area contributed by atoms with Gasteiger partial charge in [-0.2, -0.15) is 0 Å². The predicted molar refractivity (Wildman–Crippen MR) is 75.7 cm³/mol. The Balaban J connectivity index is 2.52. The Kier molecular flexibility index (Phi) is 3.69. The molecule has 0 radical (unpaired) electrons. The zero-order chi connectivity index (χ0) is 12.4. The third-order valence-corrected chi connectivity index (χ3v) is 3.51. The first-order chi connectivity index (χ1) is 8.13. The fourth-order valence-electron chi connectivity index (χ4n) is 2.25. The maximum Gasteiger partial charge on any atom is 0.0466 e. The van der Waals surface area contributed by atoms with Crippen LogP contribution in [0.1, 0.15) is 17.0 Å². The van der Waals surface area contributed by atoms with Gasteiger partial charge in [0.1, 0.15) is 0 Å². The van der Waals surface area contributed by atoms with Gasteiger partial charge < -0.3 is 10.3 Å². The van der Waals surface area contributed by atoms with Crippen molar-refractivity contribution < 1.29 is 0 Å². The number of nitrogens with zero attached hydrogens (tertiary/aromatic N) is 1. The van der Waals surface area contributed by atoms with E-state index in [1.54, 1.807) is 0 Å². The number of hydrogen-bond acceptors (Lipinski definition) is 1. The highest BCUT2D eigenvalue weighted by molar-refractivity contribution is 9.10. The molecule has 1 aromatic carbocycles. The van der Waals surface area contributed by atoms with Crippen LogP contribution in [0.4, 0.5) is 0 Å².